The van der Waals surface area contributed by atoms with E-state index >= 15 is 0 Å². The fourth-order valence-electron chi connectivity index (χ4n) is 2.83. The Bertz CT molecular complexity index is 555. The molecule has 1 fully saturated rings. The van der Waals surface area contributed by atoms with Gasteiger partial charge in [0.2, 0.25) is 0 Å². The largest absolute Gasteiger partial charge is 0.371 e. The summed E-state index contributed by atoms with van der Waals surface area (Å²) in [5.41, 5.74) is 4.01. The van der Waals surface area contributed by atoms with Crippen LogP contribution in [0.15, 0.2) is 36.7 Å². The molecular formula is C16H22N4. The number of aryl methyl sites for hydroxylation is 1. The molecule has 1 aliphatic heterocycles. The van der Waals surface area contributed by atoms with E-state index in [1.54, 1.807) is 0 Å². The average Bonchev–Trinajstić information content (AvgIpc) is 3.11. The molecule has 2 heterocycles. The van der Waals surface area contributed by atoms with Gasteiger partial charge < -0.3 is 10.2 Å². The normalized spacial score (nSPS) is 14.9. The van der Waals surface area contributed by atoms with Crippen LogP contribution in [0.4, 0.5) is 5.69 Å². The molecule has 3 rings (SSSR count). The first-order valence-corrected chi connectivity index (χ1v) is 7.34. The summed E-state index contributed by atoms with van der Waals surface area (Å²) in [5, 5.41) is 7.71. The van der Waals surface area contributed by atoms with Crippen molar-refractivity contribution < 1.29 is 0 Å². The van der Waals surface area contributed by atoms with Crippen molar-refractivity contribution >= 4 is 5.69 Å². The molecule has 0 bridgehead atoms. The maximum absolute atomic E-state index is 4.19. The minimum atomic E-state index is 0.863. The van der Waals surface area contributed by atoms with Gasteiger partial charge >= 0.3 is 0 Å². The minimum Gasteiger partial charge on any atom is -0.371 e. The van der Waals surface area contributed by atoms with E-state index in [4.69, 9.17) is 0 Å². The molecule has 1 saturated heterocycles. The van der Waals surface area contributed by atoms with Crippen LogP contribution in [0.1, 0.15) is 24.0 Å². The molecule has 4 heteroatoms. The summed E-state index contributed by atoms with van der Waals surface area (Å²) in [4.78, 5) is 2.50. The number of benzene rings is 1. The van der Waals surface area contributed by atoms with Gasteiger partial charge in [0.25, 0.3) is 0 Å². The molecule has 20 heavy (non-hydrogen) atoms. The topological polar surface area (TPSA) is 33.1 Å². The van der Waals surface area contributed by atoms with Crippen molar-refractivity contribution in [2.75, 3.05) is 18.0 Å². The lowest BCUT2D eigenvalue weighted by Crippen LogP contribution is -2.21. The number of aromatic nitrogens is 2. The molecule has 0 atom stereocenters. The van der Waals surface area contributed by atoms with Crippen LogP contribution >= 0.6 is 0 Å². The summed E-state index contributed by atoms with van der Waals surface area (Å²) in [7, 11) is 1.95. The Morgan fingerprint density at radius 2 is 1.95 bits per heavy atom. The van der Waals surface area contributed by atoms with Crippen LogP contribution in [0.3, 0.4) is 0 Å². The number of hydrogen-bond acceptors (Lipinski definition) is 3. The maximum atomic E-state index is 4.19. The van der Waals surface area contributed by atoms with Gasteiger partial charge in [0.05, 0.1) is 6.20 Å². The lowest BCUT2D eigenvalue weighted by molar-refractivity contribution is 0.690. The minimum absolute atomic E-state index is 0.863. The highest BCUT2D eigenvalue weighted by molar-refractivity contribution is 5.54. The van der Waals surface area contributed by atoms with Gasteiger partial charge in [-0.15, -0.1) is 0 Å². The Balaban J connectivity index is 1.62. The van der Waals surface area contributed by atoms with Gasteiger partial charge in [0.15, 0.2) is 0 Å². The molecule has 0 aliphatic carbocycles. The molecule has 106 valence electrons. The number of nitrogens with one attached hydrogen (secondary N) is 1. The third kappa shape index (κ3) is 3.02. The predicted molar refractivity (Wildman–Crippen MR) is 81.6 cm³/mol. The van der Waals surface area contributed by atoms with Crippen LogP contribution in [-0.2, 0) is 20.1 Å². The molecule has 0 unspecified atom stereocenters. The summed E-state index contributed by atoms with van der Waals surface area (Å²) in [6, 6.07) is 8.73. The van der Waals surface area contributed by atoms with Crippen molar-refractivity contribution in [3.05, 3.63) is 47.8 Å². The van der Waals surface area contributed by atoms with Gasteiger partial charge in [-0.1, -0.05) is 18.2 Å². The number of anilines is 1. The molecule has 1 aliphatic rings. The van der Waals surface area contributed by atoms with E-state index in [2.05, 4.69) is 45.8 Å². The first kappa shape index (κ1) is 13.2. The first-order chi connectivity index (χ1) is 9.83. The zero-order valence-corrected chi connectivity index (χ0v) is 12.0. The van der Waals surface area contributed by atoms with E-state index in [0.717, 1.165) is 13.1 Å². The Labute approximate surface area is 120 Å². The molecule has 2 aromatic rings. The number of rotatable bonds is 5. The van der Waals surface area contributed by atoms with Crippen molar-refractivity contribution in [1.82, 2.24) is 15.1 Å². The maximum Gasteiger partial charge on any atom is 0.0534 e. The van der Waals surface area contributed by atoms with E-state index in [-0.39, 0.29) is 0 Å². The Morgan fingerprint density at radius 3 is 2.70 bits per heavy atom. The number of para-hydroxylation sites is 1. The van der Waals surface area contributed by atoms with Crippen LogP contribution in [0.5, 0.6) is 0 Å². The van der Waals surface area contributed by atoms with E-state index < -0.39 is 0 Å². The number of hydrogen-bond donors (Lipinski definition) is 1. The molecule has 0 radical (unpaired) electrons. The molecule has 1 aromatic heterocycles. The van der Waals surface area contributed by atoms with Gasteiger partial charge in [-0.2, -0.15) is 5.10 Å². The molecule has 0 amide bonds. The Kier molecular flexibility index (Phi) is 4.02. The summed E-state index contributed by atoms with van der Waals surface area (Å²) >= 11 is 0. The monoisotopic (exact) mass is 270 g/mol. The molecule has 0 spiro atoms. The van der Waals surface area contributed by atoms with Crippen molar-refractivity contribution in [3.63, 3.8) is 0 Å². The lowest BCUT2D eigenvalue weighted by Gasteiger charge is -2.21. The molecule has 1 aromatic carbocycles. The van der Waals surface area contributed by atoms with Gasteiger partial charge in [0, 0.05) is 50.7 Å². The van der Waals surface area contributed by atoms with Crippen molar-refractivity contribution in [2.45, 2.75) is 25.9 Å². The predicted octanol–water partition coefficient (Wildman–Crippen LogP) is 2.31. The van der Waals surface area contributed by atoms with Crippen molar-refractivity contribution in [1.29, 1.82) is 0 Å². The van der Waals surface area contributed by atoms with E-state index in [0.29, 0.717) is 0 Å². The van der Waals surface area contributed by atoms with Crippen LogP contribution in [0.2, 0.25) is 0 Å². The smallest absolute Gasteiger partial charge is 0.0534 e. The van der Waals surface area contributed by atoms with Gasteiger partial charge in [-0.3, -0.25) is 4.68 Å². The van der Waals surface area contributed by atoms with Gasteiger partial charge in [-0.05, 0) is 24.5 Å². The summed E-state index contributed by atoms with van der Waals surface area (Å²) in [6.45, 7) is 4.16. The quantitative estimate of drug-likeness (QED) is 0.905. The lowest BCUT2D eigenvalue weighted by atomic mass is 10.1. The summed E-state index contributed by atoms with van der Waals surface area (Å²) in [5.74, 6) is 0. The second-order valence-corrected chi connectivity index (χ2v) is 5.45. The highest BCUT2D eigenvalue weighted by Crippen LogP contribution is 2.24. The van der Waals surface area contributed by atoms with Gasteiger partial charge in [-0.25, -0.2) is 0 Å². The van der Waals surface area contributed by atoms with E-state index in [1.165, 1.54) is 42.7 Å². The van der Waals surface area contributed by atoms with E-state index in [1.807, 2.05) is 17.9 Å². The summed E-state index contributed by atoms with van der Waals surface area (Å²) < 4.78 is 1.84. The highest BCUT2D eigenvalue weighted by atomic mass is 15.2. The van der Waals surface area contributed by atoms with Crippen molar-refractivity contribution in [2.24, 2.45) is 7.05 Å². The fourth-order valence-corrected chi connectivity index (χ4v) is 2.83. The average molecular weight is 270 g/mol. The molecule has 1 N–H and O–H groups in total. The van der Waals surface area contributed by atoms with Crippen LogP contribution in [0.25, 0.3) is 0 Å². The third-order valence-corrected chi connectivity index (χ3v) is 3.84. The first-order valence-electron chi connectivity index (χ1n) is 7.34. The third-order valence-electron chi connectivity index (χ3n) is 3.84. The van der Waals surface area contributed by atoms with Crippen LogP contribution in [-0.4, -0.2) is 22.9 Å². The van der Waals surface area contributed by atoms with Gasteiger partial charge in [0.1, 0.15) is 0 Å². The van der Waals surface area contributed by atoms with Crippen LogP contribution < -0.4 is 10.2 Å². The summed E-state index contributed by atoms with van der Waals surface area (Å²) in [6.07, 6.45) is 6.60. The Hall–Kier alpha value is -1.81. The second kappa shape index (κ2) is 6.09. The highest BCUT2D eigenvalue weighted by Gasteiger charge is 2.14. The SMILES string of the molecule is Cn1cc(CNCc2ccccc2N2CCCC2)cn1. The zero-order chi connectivity index (χ0) is 13.8. The second-order valence-electron chi connectivity index (χ2n) is 5.45. The van der Waals surface area contributed by atoms with E-state index in [9.17, 15) is 0 Å². The van der Waals surface area contributed by atoms with Crippen LogP contribution in [0, 0.1) is 0 Å². The molecular weight excluding hydrogens is 248 g/mol. The van der Waals surface area contributed by atoms with Crippen molar-refractivity contribution in [3.8, 4) is 0 Å². The fraction of sp³-hybridized carbons (Fsp3) is 0.438. The zero-order valence-electron chi connectivity index (χ0n) is 12.0. The Morgan fingerprint density at radius 1 is 1.15 bits per heavy atom. The molecule has 4 nitrogen and oxygen atoms in total. The number of nitrogens with zero attached hydrogens (tertiary/aromatic N) is 3. The molecule has 0 saturated carbocycles. The standard InChI is InChI=1S/C16H22N4/c1-19-13-14(11-18-19)10-17-12-15-6-2-3-7-16(15)20-8-4-5-9-20/h2-3,6-7,11,13,17H,4-5,8-10,12H2,1H3.